The number of hydrogen-bond donors (Lipinski definition) is 0. The average molecular weight is 482 g/mol. The summed E-state index contributed by atoms with van der Waals surface area (Å²) in [4.78, 5) is 25.9. The Hall–Kier alpha value is -3.39. The molecule has 178 valence electrons. The quantitative estimate of drug-likeness (QED) is 0.356. The molecule has 0 radical (unpaired) electrons. The molecule has 0 unspecified atom stereocenters. The average Bonchev–Trinajstić information content (AvgIpc) is 3.14. The summed E-state index contributed by atoms with van der Waals surface area (Å²) in [6, 6.07) is 15.9. The smallest absolute Gasteiger partial charge is 0.339 e. The van der Waals surface area contributed by atoms with Gasteiger partial charge in [0.15, 0.2) is 24.2 Å². The number of ether oxygens (including phenoxy) is 3. The minimum atomic E-state index is -1.31. The summed E-state index contributed by atoms with van der Waals surface area (Å²) >= 11 is 0. The van der Waals surface area contributed by atoms with Crippen LogP contribution in [0.1, 0.15) is 39.0 Å². The Balaban J connectivity index is 1.43. The maximum Gasteiger partial charge on any atom is 0.339 e. The number of carbonyl (C=O) groups is 2. The molecule has 0 aliphatic carbocycles. The van der Waals surface area contributed by atoms with Crippen LogP contribution < -0.4 is 9.47 Å². The van der Waals surface area contributed by atoms with Gasteiger partial charge < -0.3 is 18.8 Å². The molecule has 2 heterocycles. The van der Waals surface area contributed by atoms with E-state index in [2.05, 4.69) is 0 Å². The molecule has 0 amide bonds. The number of fused-ring (bicyclic) bond motifs is 1. The molecule has 0 spiro atoms. The van der Waals surface area contributed by atoms with Gasteiger partial charge in [0.25, 0.3) is 0 Å². The lowest BCUT2D eigenvalue weighted by atomic mass is 10.1. The number of rotatable bonds is 8. The van der Waals surface area contributed by atoms with E-state index in [1.165, 1.54) is 0 Å². The Morgan fingerprint density at radius 2 is 1.76 bits per heavy atom. The predicted octanol–water partition coefficient (Wildman–Crippen LogP) is 4.11. The number of aryl methyl sites for hydroxylation is 1. The molecule has 1 aliphatic rings. The zero-order chi connectivity index (χ0) is 24.2. The van der Waals surface area contributed by atoms with Gasteiger partial charge in [-0.15, -0.1) is 0 Å². The summed E-state index contributed by atoms with van der Waals surface area (Å²) in [7, 11) is -1.31. The Kier molecular flexibility index (Phi) is 7.17. The third kappa shape index (κ3) is 4.92. The van der Waals surface area contributed by atoms with Crippen molar-refractivity contribution in [1.82, 2.24) is 4.57 Å². The zero-order valence-corrected chi connectivity index (χ0v) is 20.2. The molecule has 0 saturated heterocycles. The van der Waals surface area contributed by atoms with Crippen LogP contribution in [0.25, 0.3) is 0 Å². The second-order valence-corrected chi connectivity index (χ2v) is 9.73. The van der Waals surface area contributed by atoms with E-state index in [1.54, 1.807) is 37.3 Å². The van der Waals surface area contributed by atoms with Crippen LogP contribution in [-0.4, -0.2) is 45.6 Å². The highest BCUT2D eigenvalue weighted by molar-refractivity contribution is 7.85. The van der Waals surface area contributed by atoms with Crippen molar-refractivity contribution in [3.05, 3.63) is 77.1 Å². The summed E-state index contributed by atoms with van der Waals surface area (Å²) in [5.74, 6) is 0.852. The van der Waals surface area contributed by atoms with Gasteiger partial charge in [0.05, 0.1) is 27.8 Å². The SMILES string of the molecule is CC[S@@](=O)c1ccccc1C(=O)OCC(=O)c1cc(C)n(C[C@@H]2COc3ccccc3O2)c1C. The number of aromatic nitrogens is 1. The second kappa shape index (κ2) is 10.3. The number of Topliss-reactive ketones (excluding diaryl/α,β-unsaturated/α-hetero) is 1. The molecule has 0 bridgehead atoms. The Bertz CT molecular complexity index is 1250. The van der Waals surface area contributed by atoms with Gasteiger partial charge in [-0.1, -0.05) is 31.2 Å². The van der Waals surface area contributed by atoms with Crippen LogP contribution in [0, 0.1) is 13.8 Å². The molecular formula is C26H27NO6S. The fraction of sp³-hybridized carbons (Fsp3) is 0.308. The first kappa shape index (κ1) is 23.8. The van der Waals surface area contributed by atoms with E-state index in [4.69, 9.17) is 14.2 Å². The van der Waals surface area contributed by atoms with Gasteiger partial charge in [-0.2, -0.15) is 0 Å². The van der Waals surface area contributed by atoms with E-state index in [-0.39, 0.29) is 17.5 Å². The highest BCUT2D eigenvalue weighted by atomic mass is 32.2. The second-order valence-electron chi connectivity index (χ2n) is 8.02. The van der Waals surface area contributed by atoms with Crippen molar-refractivity contribution in [2.24, 2.45) is 0 Å². The Labute approximate surface area is 201 Å². The molecule has 4 rings (SSSR count). The van der Waals surface area contributed by atoms with Crippen molar-refractivity contribution in [2.75, 3.05) is 19.0 Å². The molecule has 2 aromatic carbocycles. The normalized spacial score (nSPS) is 15.6. The van der Waals surface area contributed by atoms with Crippen molar-refractivity contribution in [2.45, 2.75) is 38.3 Å². The molecule has 34 heavy (non-hydrogen) atoms. The molecule has 3 aromatic rings. The van der Waals surface area contributed by atoms with E-state index in [0.29, 0.717) is 35.1 Å². The van der Waals surface area contributed by atoms with Gasteiger partial charge in [0, 0.05) is 22.7 Å². The third-order valence-electron chi connectivity index (χ3n) is 5.78. The highest BCUT2D eigenvalue weighted by Crippen LogP contribution is 2.31. The van der Waals surface area contributed by atoms with Crippen molar-refractivity contribution in [1.29, 1.82) is 0 Å². The van der Waals surface area contributed by atoms with Crippen molar-refractivity contribution in [3.63, 3.8) is 0 Å². The lowest BCUT2D eigenvalue weighted by molar-refractivity contribution is 0.0471. The first-order valence-electron chi connectivity index (χ1n) is 11.1. The van der Waals surface area contributed by atoms with Crippen LogP contribution in [0.3, 0.4) is 0 Å². The molecule has 7 nitrogen and oxygen atoms in total. The summed E-state index contributed by atoms with van der Waals surface area (Å²) in [5.41, 5.74) is 2.38. The van der Waals surface area contributed by atoms with E-state index < -0.39 is 23.4 Å². The number of para-hydroxylation sites is 2. The summed E-state index contributed by atoms with van der Waals surface area (Å²) in [6.07, 6.45) is -0.198. The topological polar surface area (TPSA) is 83.8 Å². The van der Waals surface area contributed by atoms with Crippen LogP contribution in [0.5, 0.6) is 11.5 Å². The van der Waals surface area contributed by atoms with Crippen molar-refractivity contribution in [3.8, 4) is 11.5 Å². The Morgan fingerprint density at radius 1 is 1.06 bits per heavy atom. The number of ketones is 1. The lowest BCUT2D eigenvalue weighted by Gasteiger charge is -2.27. The summed E-state index contributed by atoms with van der Waals surface area (Å²) < 4.78 is 31.4. The van der Waals surface area contributed by atoms with Gasteiger partial charge in [-0.25, -0.2) is 4.79 Å². The van der Waals surface area contributed by atoms with Crippen LogP contribution in [-0.2, 0) is 22.1 Å². The van der Waals surface area contributed by atoms with Crippen LogP contribution in [0.15, 0.2) is 59.5 Å². The monoisotopic (exact) mass is 481 g/mol. The first-order valence-corrected chi connectivity index (χ1v) is 12.4. The van der Waals surface area contributed by atoms with Gasteiger partial charge in [-0.3, -0.25) is 9.00 Å². The maximum absolute atomic E-state index is 12.9. The fourth-order valence-corrected chi connectivity index (χ4v) is 4.93. The molecule has 0 N–H and O–H groups in total. The van der Waals surface area contributed by atoms with Crippen LogP contribution >= 0.6 is 0 Å². The summed E-state index contributed by atoms with van der Waals surface area (Å²) in [5, 5.41) is 0. The van der Waals surface area contributed by atoms with Crippen molar-refractivity contribution >= 4 is 22.6 Å². The minimum Gasteiger partial charge on any atom is -0.486 e. The third-order valence-corrected chi connectivity index (χ3v) is 7.15. The van der Waals surface area contributed by atoms with E-state index in [1.807, 2.05) is 42.7 Å². The molecule has 1 aromatic heterocycles. The standard InChI is InChI=1S/C26H27NO6S/c1-4-34(30)25-12-8-5-9-20(25)26(29)32-16-22(28)21-13-17(2)27(18(21)3)14-19-15-31-23-10-6-7-11-24(23)33-19/h5-13,19H,4,14-16H2,1-3H3/t19-,34-/m1/s1. The van der Waals surface area contributed by atoms with E-state index in [9.17, 15) is 13.8 Å². The zero-order valence-electron chi connectivity index (χ0n) is 19.4. The Morgan fingerprint density at radius 3 is 2.53 bits per heavy atom. The highest BCUT2D eigenvalue weighted by Gasteiger charge is 2.25. The number of benzene rings is 2. The number of hydrogen-bond acceptors (Lipinski definition) is 6. The largest absolute Gasteiger partial charge is 0.486 e. The van der Waals surface area contributed by atoms with Gasteiger partial charge in [0.2, 0.25) is 5.78 Å². The van der Waals surface area contributed by atoms with E-state index in [0.717, 1.165) is 17.1 Å². The summed E-state index contributed by atoms with van der Waals surface area (Å²) in [6.45, 7) is 6.10. The molecular weight excluding hydrogens is 454 g/mol. The maximum atomic E-state index is 12.9. The lowest BCUT2D eigenvalue weighted by Crippen LogP contribution is -2.33. The number of nitrogens with zero attached hydrogens (tertiary/aromatic N) is 1. The molecule has 2 atom stereocenters. The van der Waals surface area contributed by atoms with Crippen molar-refractivity contribution < 1.29 is 28.0 Å². The minimum absolute atomic E-state index is 0.198. The number of esters is 1. The number of carbonyl (C=O) groups excluding carboxylic acids is 2. The molecule has 0 fully saturated rings. The fourth-order valence-electron chi connectivity index (χ4n) is 4.00. The van der Waals surface area contributed by atoms with Gasteiger partial charge >= 0.3 is 5.97 Å². The van der Waals surface area contributed by atoms with Gasteiger partial charge in [0.1, 0.15) is 6.61 Å². The van der Waals surface area contributed by atoms with Crippen LogP contribution in [0.4, 0.5) is 0 Å². The van der Waals surface area contributed by atoms with Crippen LogP contribution in [0.2, 0.25) is 0 Å². The first-order chi connectivity index (χ1) is 16.4. The molecule has 0 saturated carbocycles. The van der Waals surface area contributed by atoms with E-state index >= 15 is 0 Å². The molecule has 8 heteroatoms. The molecule has 1 aliphatic heterocycles. The van der Waals surface area contributed by atoms with Gasteiger partial charge in [-0.05, 0) is 44.2 Å². The predicted molar refractivity (Wildman–Crippen MR) is 128 cm³/mol.